The molecular formula is C28H29NO7. The van der Waals surface area contributed by atoms with E-state index in [4.69, 9.17) is 23.7 Å². The van der Waals surface area contributed by atoms with Crippen molar-refractivity contribution in [3.8, 4) is 17.2 Å². The van der Waals surface area contributed by atoms with Crippen molar-refractivity contribution in [1.82, 2.24) is 5.32 Å². The van der Waals surface area contributed by atoms with Crippen molar-refractivity contribution in [2.75, 3.05) is 34.2 Å². The molecule has 0 aromatic heterocycles. The van der Waals surface area contributed by atoms with Gasteiger partial charge in [-0.1, -0.05) is 18.2 Å². The van der Waals surface area contributed by atoms with Crippen LogP contribution in [0.1, 0.15) is 42.7 Å². The van der Waals surface area contributed by atoms with Crippen molar-refractivity contribution in [3.63, 3.8) is 0 Å². The molecule has 2 atom stereocenters. The van der Waals surface area contributed by atoms with E-state index in [1.54, 1.807) is 14.2 Å². The predicted octanol–water partition coefficient (Wildman–Crippen LogP) is 3.98. The van der Waals surface area contributed by atoms with E-state index in [2.05, 4.69) is 5.32 Å². The van der Waals surface area contributed by atoms with Crippen molar-refractivity contribution in [2.45, 2.75) is 31.6 Å². The average molecular weight is 492 g/mol. The normalized spacial score (nSPS) is 20.7. The molecule has 8 nitrogen and oxygen atoms in total. The molecule has 2 heterocycles. The van der Waals surface area contributed by atoms with Gasteiger partial charge in [0, 0.05) is 36.4 Å². The van der Waals surface area contributed by atoms with Crippen molar-refractivity contribution in [3.05, 3.63) is 76.1 Å². The third-order valence-electron chi connectivity index (χ3n) is 6.89. The van der Waals surface area contributed by atoms with E-state index in [0.29, 0.717) is 41.2 Å². The summed E-state index contributed by atoms with van der Waals surface area (Å²) in [6.07, 6.45) is 0.997. The summed E-state index contributed by atoms with van der Waals surface area (Å²) in [5.41, 5.74) is 4.37. The Hall–Kier alpha value is -3.78. The molecule has 3 aliphatic rings. The van der Waals surface area contributed by atoms with Crippen molar-refractivity contribution in [2.24, 2.45) is 0 Å². The highest BCUT2D eigenvalue weighted by atomic mass is 16.7. The molecule has 1 N–H and O–H groups in total. The Kier molecular flexibility index (Phi) is 6.69. The van der Waals surface area contributed by atoms with Crippen molar-refractivity contribution >= 4 is 11.8 Å². The molecule has 188 valence electrons. The first-order chi connectivity index (χ1) is 17.5. The quantitative estimate of drug-likeness (QED) is 0.460. The van der Waals surface area contributed by atoms with Gasteiger partial charge >= 0.3 is 5.97 Å². The molecule has 36 heavy (non-hydrogen) atoms. The monoisotopic (exact) mass is 491 g/mol. The molecule has 0 saturated heterocycles. The Morgan fingerprint density at radius 1 is 1.00 bits per heavy atom. The summed E-state index contributed by atoms with van der Waals surface area (Å²) >= 11 is 0. The molecule has 2 unspecified atom stereocenters. The number of benzene rings is 2. The third-order valence-corrected chi connectivity index (χ3v) is 6.89. The van der Waals surface area contributed by atoms with Crippen LogP contribution in [0.3, 0.4) is 0 Å². The fraction of sp³-hybridized carbons (Fsp3) is 0.357. The van der Waals surface area contributed by atoms with Gasteiger partial charge in [0.25, 0.3) is 0 Å². The molecule has 8 heteroatoms. The van der Waals surface area contributed by atoms with Crippen LogP contribution in [0.5, 0.6) is 17.2 Å². The molecule has 0 radical (unpaired) electrons. The van der Waals surface area contributed by atoms with Gasteiger partial charge in [0.05, 0.1) is 19.3 Å². The van der Waals surface area contributed by atoms with Gasteiger partial charge in [-0.05, 0) is 54.7 Å². The smallest absolute Gasteiger partial charge is 0.336 e. The maximum Gasteiger partial charge on any atom is 0.336 e. The van der Waals surface area contributed by atoms with Crippen molar-refractivity contribution in [1.29, 1.82) is 0 Å². The van der Waals surface area contributed by atoms with Crippen LogP contribution in [-0.2, 0) is 19.1 Å². The molecule has 0 spiro atoms. The van der Waals surface area contributed by atoms with E-state index in [-0.39, 0.29) is 31.7 Å². The second kappa shape index (κ2) is 10.1. The zero-order chi connectivity index (χ0) is 25.2. The van der Waals surface area contributed by atoms with Crippen LogP contribution >= 0.6 is 0 Å². The molecule has 5 rings (SSSR count). The molecule has 0 bridgehead atoms. The maximum absolute atomic E-state index is 13.7. The van der Waals surface area contributed by atoms with Gasteiger partial charge in [-0.2, -0.15) is 0 Å². The van der Waals surface area contributed by atoms with Gasteiger partial charge in [-0.15, -0.1) is 0 Å². The number of carbonyl (C=O) groups is 2. The number of carbonyl (C=O) groups excluding carboxylic acids is 2. The highest BCUT2D eigenvalue weighted by Crippen LogP contribution is 2.47. The van der Waals surface area contributed by atoms with Crippen molar-refractivity contribution < 1.29 is 33.3 Å². The number of Topliss-reactive ketones (excluding diaryl/α,β-unsaturated/α-hetero) is 1. The number of methoxy groups -OCH3 is 2. The van der Waals surface area contributed by atoms with Gasteiger partial charge in [0.2, 0.25) is 6.79 Å². The molecule has 0 saturated carbocycles. The lowest BCUT2D eigenvalue weighted by molar-refractivity contribution is -0.140. The van der Waals surface area contributed by atoms with E-state index >= 15 is 0 Å². The summed E-state index contributed by atoms with van der Waals surface area (Å²) in [6, 6.07) is 13.4. The predicted molar refractivity (Wildman–Crippen MR) is 131 cm³/mol. The van der Waals surface area contributed by atoms with E-state index in [1.807, 2.05) is 49.4 Å². The zero-order valence-corrected chi connectivity index (χ0v) is 20.6. The van der Waals surface area contributed by atoms with E-state index in [1.165, 1.54) is 0 Å². The third kappa shape index (κ3) is 4.44. The first kappa shape index (κ1) is 23.9. The summed E-state index contributed by atoms with van der Waals surface area (Å²) in [5.74, 6) is 0.983. The van der Waals surface area contributed by atoms with Crippen LogP contribution in [0, 0.1) is 0 Å². The van der Waals surface area contributed by atoms with Gasteiger partial charge in [0.15, 0.2) is 17.3 Å². The average Bonchev–Trinajstić information content (AvgIpc) is 3.36. The summed E-state index contributed by atoms with van der Waals surface area (Å²) in [6.45, 7) is 2.40. The Morgan fingerprint density at radius 3 is 2.50 bits per heavy atom. The number of esters is 1. The largest absolute Gasteiger partial charge is 0.497 e. The van der Waals surface area contributed by atoms with E-state index in [9.17, 15) is 9.59 Å². The minimum atomic E-state index is -0.574. The Balaban J connectivity index is 1.53. The fourth-order valence-electron chi connectivity index (χ4n) is 5.14. The molecule has 2 aromatic carbocycles. The second-order valence-corrected chi connectivity index (χ2v) is 9.03. The number of dihydropyridines is 1. The number of rotatable bonds is 7. The fourth-order valence-corrected chi connectivity index (χ4v) is 5.14. The Labute approximate surface area is 209 Å². The summed E-state index contributed by atoms with van der Waals surface area (Å²) in [5, 5.41) is 3.37. The van der Waals surface area contributed by atoms with E-state index < -0.39 is 11.9 Å². The number of fused-ring (bicyclic) bond motifs is 1. The molecule has 0 amide bonds. The summed E-state index contributed by atoms with van der Waals surface area (Å²) in [7, 11) is 3.18. The second-order valence-electron chi connectivity index (χ2n) is 9.03. The lowest BCUT2D eigenvalue weighted by atomic mass is 9.71. The summed E-state index contributed by atoms with van der Waals surface area (Å²) in [4.78, 5) is 27.0. The lowest BCUT2D eigenvalue weighted by Gasteiger charge is -2.36. The minimum absolute atomic E-state index is 0.00178. The van der Waals surface area contributed by atoms with Gasteiger partial charge in [0.1, 0.15) is 12.4 Å². The van der Waals surface area contributed by atoms with Crippen LogP contribution in [-0.4, -0.2) is 46.0 Å². The van der Waals surface area contributed by atoms with Crippen LogP contribution in [0.25, 0.3) is 0 Å². The number of ether oxygens (including phenoxy) is 5. The van der Waals surface area contributed by atoms with Crippen LogP contribution in [0.15, 0.2) is 65.0 Å². The standard InChI is InChI=1S/C28H29NO7/c1-16-25(28(31)34-11-10-32-2)26(18-6-9-23-24(14-18)36-15-35-23)27-21(29-16)12-19(13-22(27)30)17-4-7-20(33-3)8-5-17/h4-9,14,19,26,29H,10-13,15H2,1-3H3. The van der Waals surface area contributed by atoms with Gasteiger partial charge in [-0.25, -0.2) is 4.79 Å². The zero-order valence-electron chi connectivity index (χ0n) is 20.6. The van der Waals surface area contributed by atoms with Gasteiger partial charge in [-0.3, -0.25) is 4.79 Å². The number of hydrogen-bond acceptors (Lipinski definition) is 8. The number of ketones is 1. The highest BCUT2D eigenvalue weighted by molar-refractivity contribution is 6.04. The van der Waals surface area contributed by atoms with Crippen LogP contribution in [0.4, 0.5) is 0 Å². The Bertz CT molecular complexity index is 1250. The van der Waals surface area contributed by atoms with Crippen LogP contribution in [0.2, 0.25) is 0 Å². The number of allylic oxidation sites excluding steroid dienone is 3. The minimum Gasteiger partial charge on any atom is -0.497 e. The molecule has 2 aromatic rings. The molecular weight excluding hydrogens is 462 g/mol. The topological polar surface area (TPSA) is 92.3 Å². The SMILES string of the molecule is COCCOC(=O)C1=C(C)NC2=C(C(=O)CC(c3ccc(OC)cc3)C2)C1c1ccc2c(c1)OCO2. The lowest BCUT2D eigenvalue weighted by Crippen LogP contribution is -2.36. The first-order valence-electron chi connectivity index (χ1n) is 11.9. The number of nitrogens with one attached hydrogen (secondary N) is 1. The van der Waals surface area contributed by atoms with Crippen LogP contribution < -0.4 is 19.5 Å². The highest BCUT2D eigenvalue weighted by Gasteiger charge is 2.41. The Morgan fingerprint density at radius 2 is 1.75 bits per heavy atom. The van der Waals surface area contributed by atoms with Gasteiger partial charge < -0.3 is 29.0 Å². The van der Waals surface area contributed by atoms with E-state index in [0.717, 1.165) is 22.6 Å². The molecule has 1 aliphatic carbocycles. The molecule has 0 fully saturated rings. The first-order valence-corrected chi connectivity index (χ1v) is 11.9. The maximum atomic E-state index is 13.7. The summed E-state index contributed by atoms with van der Waals surface area (Å²) < 4.78 is 26.9. The molecule has 2 aliphatic heterocycles. The number of hydrogen-bond donors (Lipinski definition) is 1.